The standard InChI is InChI=1S/C11H12IN5O2/c12-8-7-9(13)14-2-4-17(7)10(15-8)6-1-3-16(5-6)11(18)19/h2,4,6H,1,3,5H2,(H2,13,14)(H,18,19). The highest BCUT2D eigenvalue weighted by Gasteiger charge is 2.30. The van der Waals surface area contributed by atoms with Gasteiger partial charge < -0.3 is 15.7 Å². The summed E-state index contributed by atoms with van der Waals surface area (Å²) < 4.78 is 2.71. The van der Waals surface area contributed by atoms with Crippen molar-refractivity contribution in [3.8, 4) is 0 Å². The number of hydrogen-bond donors (Lipinski definition) is 2. The molecule has 1 saturated heterocycles. The highest BCUT2D eigenvalue weighted by atomic mass is 127. The van der Waals surface area contributed by atoms with E-state index in [-0.39, 0.29) is 5.92 Å². The SMILES string of the molecule is Nc1nccn2c(C3CCN(C(=O)O)C3)nc(I)c12. The van der Waals surface area contributed by atoms with Crippen LogP contribution in [0.3, 0.4) is 0 Å². The summed E-state index contributed by atoms with van der Waals surface area (Å²) in [5, 5.41) is 9.01. The number of carbonyl (C=O) groups is 1. The Labute approximate surface area is 122 Å². The molecule has 100 valence electrons. The van der Waals surface area contributed by atoms with Crippen LogP contribution in [-0.2, 0) is 0 Å². The number of rotatable bonds is 1. The first-order chi connectivity index (χ1) is 9.08. The van der Waals surface area contributed by atoms with Gasteiger partial charge in [-0.25, -0.2) is 14.8 Å². The molecule has 3 N–H and O–H groups in total. The van der Waals surface area contributed by atoms with Crippen molar-refractivity contribution in [2.24, 2.45) is 0 Å². The number of nitrogen functional groups attached to an aromatic ring is 1. The van der Waals surface area contributed by atoms with Gasteiger partial charge in [0.2, 0.25) is 0 Å². The maximum Gasteiger partial charge on any atom is 0.407 e. The van der Waals surface area contributed by atoms with Gasteiger partial charge in [-0.05, 0) is 29.0 Å². The van der Waals surface area contributed by atoms with E-state index in [2.05, 4.69) is 32.6 Å². The molecule has 3 rings (SSSR count). The number of nitrogens with two attached hydrogens (primary N) is 1. The fourth-order valence-corrected chi connectivity index (χ4v) is 3.26. The topological polar surface area (TPSA) is 96.8 Å². The fourth-order valence-electron chi connectivity index (χ4n) is 2.48. The van der Waals surface area contributed by atoms with Crippen molar-refractivity contribution in [1.29, 1.82) is 0 Å². The summed E-state index contributed by atoms with van der Waals surface area (Å²) in [4.78, 5) is 21.0. The fraction of sp³-hybridized carbons (Fsp3) is 0.364. The van der Waals surface area contributed by atoms with Crippen molar-refractivity contribution in [2.75, 3.05) is 18.8 Å². The van der Waals surface area contributed by atoms with Crippen molar-refractivity contribution in [3.05, 3.63) is 21.9 Å². The molecule has 0 bridgehead atoms. The van der Waals surface area contributed by atoms with Crippen LogP contribution in [0.15, 0.2) is 12.4 Å². The predicted octanol–water partition coefficient (Wildman–Crippen LogP) is 1.38. The number of likely N-dealkylation sites (tertiary alicyclic amines) is 1. The molecule has 0 aliphatic carbocycles. The Bertz CT molecular complexity index is 656. The molecular weight excluding hydrogens is 361 g/mol. The number of anilines is 1. The van der Waals surface area contributed by atoms with Crippen LogP contribution in [-0.4, -0.2) is 43.6 Å². The molecular formula is C11H12IN5O2. The number of hydrogen-bond acceptors (Lipinski definition) is 4. The van der Waals surface area contributed by atoms with Gasteiger partial charge in [0.25, 0.3) is 0 Å². The first-order valence-electron chi connectivity index (χ1n) is 5.83. The van der Waals surface area contributed by atoms with Crippen molar-refractivity contribution in [3.63, 3.8) is 0 Å². The number of nitrogens with zero attached hydrogens (tertiary/aromatic N) is 4. The van der Waals surface area contributed by atoms with E-state index < -0.39 is 6.09 Å². The monoisotopic (exact) mass is 373 g/mol. The second kappa shape index (κ2) is 4.51. The van der Waals surface area contributed by atoms with Crippen LogP contribution in [0, 0.1) is 3.70 Å². The molecule has 19 heavy (non-hydrogen) atoms. The van der Waals surface area contributed by atoms with Gasteiger partial charge in [-0.1, -0.05) is 0 Å². The minimum absolute atomic E-state index is 0.105. The van der Waals surface area contributed by atoms with Gasteiger partial charge in [0.15, 0.2) is 5.82 Å². The first-order valence-corrected chi connectivity index (χ1v) is 6.91. The molecule has 0 radical (unpaired) electrons. The molecule has 2 aromatic heterocycles. The van der Waals surface area contributed by atoms with E-state index in [1.54, 1.807) is 6.20 Å². The third kappa shape index (κ3) is 1.99. The van der Waals surface area contributed by atoms with Crippen molar-refractivity contribution in [1.82, 2.24) is 19.3 Å². The lowest BCUT2D eigenvalue weighted by Gasteiger charge is -2.11. The average molecular weight is 373 g/mol. The lowest BCUT2D eigenvalue weighted by Crippen LogP contribution is -2.26. The minimum Gasteiger partial charge on any atom is -0.465 e. The maximum absolute atomic E-state index is 11.0. The van der Waals surface area contributed by atoms with Crippen LogP contribution in [0.4, 0.5) is 10.6 Å². The third-order valence-electron chi connectivity index (χ3n) is 3.39. The summed E-state index contributed by atoms with van der Waals surface area (Å²) in [7, 11) is 0. The first kappa shape index (κ1) is 12.5. The Hall–Kier alpha value is -1.58. The van der Waals surface area contributed by atoms with Gasteiger partial charge >= 0.3 is 6.09 Å². The zero-order valence-corrected chi connectivity index (χ0v) is 12.1. The molecule has 1 aliphatic rings. The van der Waals surface area contributed by atoms with E-state index in [1.165, 1.54) is 4.90 Å². The van der Waals surface area contributed by atoms with Gasteiger partial charge in [-0.2, -0.15) is 0 Å². The zero-order valence-electron chi connectivity index (χ0n) is 9.95. The number of halogens is 1. The molecule has 1 aliphatic heterocycles. The molecule has 8 heteroatoms. The van der Waals surface area contributed by atoms with Gasteiger partial charge in [-0.3, -0.25) is 4.40 Å². The van der Waals surface area contributed by atoms with Gasteiger partial charge in [0.05, 0.1) is 0 Å². The van der Waals surface area contributed by atoms with Gasteiger partial charge in [-0.15, -0.1) is 0 Å². The average Bonchev–Trinajstić information content (AvgIpc) is 2.95. The van der Waals surface area contributed by atoms with E-state index >= 15 is 0 Å². The van der Waals surface area contributed by atoms with E-state index in [1.807, 2.05) is 10.6 Å². The van der Waals surface area contributed by atoms with Gasteiger partial charge in [0.1, 0.15) is 15.0 Å². The Balaban J connectivity index is 2.03. The van der Waals surface area contributed by atoms with Crippen LogP contribution in [0.2, 0.25) is 0 Å². The number of aromatic nitrogens is 3. The molecule has 3 heterocycles. The lowest BCUT2D eigenvalue weighted by atomic mass is 10.1. The van der Waals surface area contributed by atoms with Crippen LogP contribution in [0.25, 0.3) is 5.52 Å². The highest BCUT2D eigenvalue weighted by Crippen LogP contribution is 2.30. The Morgan fingerprint density at radius 1 is 1.58 bits per heavy atom. The molecule has 1 fully saturated rings. The summed E-state index contributed by atoms with van der Waals surface area (Å²) in [5.41, 5.74) is 6.66. The van der Waals surface area contributed by atoms with Crippen LogP contribution in [0.5, 0.6) is 0 Å². The summed E-state index contributed by atoms with van der Waals surface area (Å²) in [5.74, 6) is 1.41. The minimum atomic E-state index is -0.876. The van der Waals surface area contributed by atoms with Gasteiger partial charge in [0, 0.05) is 31.4 Å². The lowest BCUT2D eigenvalue weighted by molar-refractivity contribution is 0.155. The van der Waals surface area contributed by atoms with Crippen molar-refractivity contribution >= 4 is 40.0 Å². The number of carboxylic acid groups (broad SMARTS) is 1. The summed E-state index contributed by atoms with van der Waals surface area (Å²) in [6.07, 6.45) is 3.36. The number of fused-ring (bicyclic) bond motifs is 1. The summed E-state index contributed by atoms with van der Waals surface area (Å²) in [6.45, 7) is 1.03. The molecule has 0 spiro atoms. The largest absolute Gasteiger partial charge is 0.465 e. The highest BCUT2D eigenvalue weighted by molar-refractivity contribution is 14.1. The quantitative estimate of drug-likeness (QED) is 0.737. The van der Waals surface area contributed by atoms with E-state index in [0.717, 1.165) is 21.5 Å². The Morgan fingerprint density at radius 3 is 3.05 bits per heavy atom. The predicted molar refractivity (Wildman–Crippen MR) is 77.1 cm³/mol. The van der Waals surface area contributed by atoms with Crippen LogP contribution in [0.1, 0.15) is 18.2 Å². The second-order valence-corrected chi connectivity index (χ2v) is 5.53. The summed E-state index contributed by atoms with van der Waals surface area (Å²) >= 11 is 2.13. The third-order valence-corrected chi connectivity index (χ3v) is 4.14. The molecule has 0 saturated carbocycles. The molecule has 1 amide bonds. The van der Waals surface area contributed by atoms with Crippen molar-refractivity contribution in [2.45, 2.75) is 12.3 Å². The van der Waals surface area contributed by atoms with Crippen LogP contribution >= 0.6 is 22.6 Å². The molecule has 1 unspecified atom stereocenters. The van der Waals surface area contributed by atoms with E-state index in [9.17, 15) is 4.79 Å². The van der Waals surface area contributed by atoms with Crippen molar-refractivity contribution < 1.29 is 9.90 Å². The molecule has 1 atom stereocenters. The number of imidazole rings is 1. The maximum atomic E-state index is 11.0. The van der Waals surface area contributed by atoms with E-state index in [0.29, 0.717) is 18.9 Å². The zero-order chi connectivity index (χ0) is 13.6. The molecule has 2 aromatic rings. The van der Waals surface area contributed by atoms with E-state index in [4.69, 9.17) is 10.8 Å². The molecule has 7 nitrogen and oxygen atoms in total. The summed E-state index contributed by atoms with van der Waals surface area (Å²) in [6, 6.07) is 0. The Morgan fingerprint density at radius 2 is 2.37 bits per heavy atom. The van der Waals surface area contributed by atoms with Crippen LogP contribution < -0.4 is 5.73 Å². The normalized spacial score (nSPS) is 19.2. The number of amides is 1. The Kier molecular flexibility index (Phi) is 2.96. The second-order valence-electron chi connectivity index (χ2n) is 4.51. The molecule has 0 aromatic carbocycles. The smallest absolute Gasteiger partial charge is 0.407 e.